The molecule has 156 valence electrons. The smallest absolute Gasteiger partial charge is 0.240 e. The van der Waals surface area contributed by atoms with Crippen LogP contribution in [0.2, 0.25) is 0 Å². The van der Waals surface area contributed by atoms with Gasteiger partial charge in [0.2, 0.25) is 21.8 Å². The maximum absolute atomic E-state index is 13.3. The standard InChI is InChI=1S/C20H30N2O5S/c1-12(2)16-17(15(27-6)11-20(3,4)5)19(24)22(18(16)23)13-7-9-14(10-8-13)28(21,25)26/h7-10,12,15-17H,11H2,1-6H3,(H2,21,25,26). The molecule has 3 unspecified atom stereocenters. The first-order valence-corrected chi connectivity index (χ1v) is 10.9. The zero-order chi connectivity index (χ0) is 21.4. The van der Waals surface area contributed by atoms with Gasteiger partial charge < -0.3 is 4.74 Å². The van der Waals surface area contributed by atoms with Crippen molar-refractivity contribution in [1.82, 2.24) is 0 Å². The number of carbonyl (C=O) groups is 2. The molecule has 0 bridgehead atoms. The summed E-state index contributed by atoms with van der Waals surface area (Å²) in [6, 6.07) is 5.46. The van der Waals surface area contributed by atoms with Gasteiger partial charge >= 0.3 is 0 Å². The number of amides is 2. The topological polar surface area (TPSA) is 107 Å². The minimum absolute atomic E-state index is 0.0484. The molecule has 1 aliphatic heterocycles. The molecule has 7 nitrogen and oxygen atoms in total. The van der Waals surface area contributed by atoms with Crippen molar-refractivity contribution < 1.29 is 22.7 Å². The molecule has 1 fully saturated rings. The number of anilines is 1. The van der Waals surface area contributed by atoms with E-state index in [9.17, 15) is 18.0 Å². The van der Waals surface area contributed by atoms with Crippen LogP contribution in [0.5, 0.6) is 0 Å². The largest absolute Gasteiger partial charge is 0.381 e. The van der Waals surface area contributed by atoms with Gasteiger partial charge in [-0.05, 0) is 42.0 Å². The highest BCUT2D eigenvalue weighted by Gasteiger charge is 2.53. The maximum atomic E-state index is 13.3. The van der Waals surface area contributed by atoms with Crippen molar-refractivity contribution in [3.05, 3.63) is 24.3 Å². The van der Waals surface area contributed by atoms with Crippen LogP contribution >= 0.6 is 0 Å². The van der Waals surface area contributed by atoms with Crippen LogP contribution in [0.3, 0.4) is 0 Å². The Hall–Kier alpha value is -1.77. The van der Waals surface area contributed by atoms with E-state index in [4.69, 9.17) is 9.88 Å². The molecule has 8 heteroatoms. The highest BCUT2D eigenvalue weighted by molar-refractivity contribution is 7.89. The van der Waals surface area contributed by atoms with Gasteiger partial charge in [-0.2, -0.15) is 0 Å². The normalized spacial score (nSPS) is 22.2. The molecule has 0 spiro atoms. The Morgan fingerprint density at radius 3 is 1.96 bits per heavy atom. The van der Waals surface area contributed by atoms with Crippen molar-refractivity contribution in [2.75, 3.05) is 12.0 Å². The van der Waals surface area contributed by atoms with Gasteiger partial charge in [0.1, 0.15) is 0 Å². The molecule has 2 N–H and O–H groups in total. The van der Waals surface area contributed by atoms with E-state index < -0.39 is 28.0 Å². The van der Waals surface area contributed by atoms with E-state index in [1.54, 1.807) is 7.11 Å². The Morgan fingerprint density at radius 2 is 1.57 bits per heavy atom. The number of hydrogen-bond donors (Lipinski definition) is 1. The Kier molecular flexibility index (Phi) is 6.37. The van der Waals surface area contributed by atoms with Crippen LogP contribution in [0.15, 0.2) is 29.2 Å². The lowest BCUT2D eigenvalue weighted by Crippen LogP contribution is -2.37. The van der Waals surface area contributed by atoms with Gasteiger partial charge in [-0.1, -0.05) is 34.6 Å². The maximum Gasteiger partial charge on any atom is 0.240 e. The molecule has 2 rings (SSSR count). The molecule has 0 radical (unpaired) electrons. The molecule has 0 aromatic heterocycles. The first-order valence-electron chi connectivity index (χ1n) is 9.31. The van der Waals surface area contributed by atoms with Gasteiger partial charge in [0.15, 0.2) is 0 Å². The third kappa shape index (κ3) is 4.61. The lowest BCUT2D eigenvalue weighted by Gasteiger charge is -2.31. The Morgan fingerprint density at radius 1 is 1.07 bits per heavy atom. The Labute approximate surface area is 167 Å². The van der Waals surface area contributed by atoms with Gasteiger partial charge in [-0.3, -0.25) is 9.59 Å². The molecule has 1 aromatic carbocycles. The monoisotopic (exact) mass is 410 g/mol. The molecule has 2 amide bonds. The van der Waals surface area contributed by atoms with E-state index in [1.165, 1.54) is 24.3 Å². The van der Waals surface area contributed by atoms with Crippen molar-refractivity contribution in [3.63, 3.8) is 0 Å². The molecular weight excluding hydrogens is 380 g/mol. The van der Waals surface area contributed by atoms with E-state index in [0.29, 0.717) is 12.1 Å². The van der Waals surface area contributed by atoms with Crippen LogP contribution in [0.1, 0.15) is 41.0 Å². The summed E-state index contributed by atoms with van der Waals surface area (Å²) in [5, 5.41) is 5.12. The summed E-state index contributed by atoms with van der Waals surface area (Å²) in [6.45, 7) is 10.0. The summed E-state index contributed by atoms with van der Waals surface area (Å²) in [7, 11) is -2.29. The summed E-state index contributed by atoms with van der Waals surface area (Å²) >= 11 is 0. The first kappa shape index (κ1) is 22.5. The lowest BCUT2D eigenvalue weighted by atomic mass is 9.77. The summed E-state index contributed by atoms with van der Waals surface area (Å²) in [6.07, 6.45) is 0.242. The summed E-state index contributed by atoms with van der Waals surface area (Å²) < 4.78 is 28.6. The highest BCUT2D eigenvalue weighted by atomic mass is 32.2. The van der Waals surface area contributed by atoms with Crippen molar-refractivity contribution in [2.45, 2.75) is 52.0 Å². The minimum atomic E-state index is -3.85. The third-order valence-electron chi connectivity index (χ3n) is 5.06. The molecule has 0 aliphatic carbocycles. The average Bonchev–Trinajstić information content (AvgIpc) is 2.82. The van der Waals surface area contributed by atoms with Crippen molar-refractivity contribution in [1.29, 1.82) is 0 Å². The fourth-order valence-electron chi connectivity index (χ4n) is 3.80. The van der Waals surface area contributed by atoms with E-state index in [2.05, 4.69) is 20.8 Å². The molecule has 28 heavy (non-hydrogen) atoms. The zero-order valence-corrected chi connectivity index (χ0v) is 18.1. The number of benzene rings is 1. The molecule has 1 aromatic rings. The van der Waals surface area contributed by atoms with Crippen molar-refractivity contribution >= 4 is 27.5 Å². The molecule has 0 saturated carbocycles. The van der Waals surface area contributed by atoms with Crippen molar-refractivity contribution in [2.24, 2.45) is 28.3 Å². The number of carbonyl (C=O) groups excluding carboxylic acids is 2. The van der Waals surface area contributed by atoms with Gasteiger partial charge in [0.25, 0.3) is 0 Å². The average molecular weight is 411 g/mol. The Balaban J connectivity index is 2.45. The second-order valence-electron chi connectivity index (χ2n) is 8.89. The number of hydrogen-bond acceptors (Lipinski definition) is 5. The first-order chi connectivity index (χ1) is 12.8. The molecular formula is C20H30N2O5S. The molecule has 3 atom stereocenters. The Bertz CT molecular complexity index is 840. The van der Waals surface area contributed by atoms with Gasteiger partial charge in [0, 0.05) is 7.11 Å². The number of methoxy groups -OCH3 is 1. The number of rotatable bonds is 6. The summed E-state index contributed by atoms with van der Waals surface area (Å²) in [5.74, 6) is -1.74. The van der Waals surface area contributed by atoms with E-state index >= 15 is 0 Å². The quantitative estimate of drug-likeness (QED) is 0.725. The second kappa shape index (κ2) is 7.93. The van der Waals surface area contributed by atoms with E-state index in [1.807, 2.05) is 13.8 Å². The van der Waals surface area contributed by atoms with Crippen LogP contribution in [-0.4, -0.2) is 33.4 Å². The molecule has 1 heterocycles. The number of nitrogens with two attached hydrogens (primary N) is 1. The number of primary sulfonamides is 1. The minimum Gasteiger partial charge on any atom is -0.381 e. The van der Waals surface area contributed by atoms with Gasteiger partial charge in [0.05, 0.1) is 28.5 Å². The van der Waals surface area contributed by atoms with E-state index in [-0.39, 0.29) is 28.0 Å². The van der Waals surface area contributed by atoms with Crippen LogP contribution in [-0.2, 0) is 24.3 Å². The van der Waals surface area contributed by atoms with Crippen LogP contribution < -0.4 is 10.0 Å². The number of ether oxygens (including phenoxy) is 1. The van der Waals surface area contributed by atoms with Crippen molar-refractivity contribution in [3.8, 4) is 0 Å². The van der Waals surface area contributed by atoms with Crippen LogP contribution in [0.25, 0.3) is 0 Å². The SMILES string of the molecule is COC(CC(C)(C)C)C1C(=O)N(c2ccc(S(N)(=O)=O)cc2)C(=O)C1C(C)C. The highest BCUT2D eigenvalue weighted by Crippen LogP contribution is 2.41. The summed E-state index contributed by atoms with van der Waals surface area (Å²) in [5.41, 5.74) is 0.261. The predicted molar refractivity (Wildman–Crippen MR) is 107 cm³/mol. The van der Waals surface area contributed by atoms with Crippen LogP contribution in [0, 0.1) is 23.2 Å². The molecule has 1 saturated heterocycles. The van der Waals surface area contributed by atoms with E-state index in [0.717, 1.165) is 4.90 Å². The van der Waals surface area contributed by atoms with Gasteiger partial charge in [-0.25, -0.2) is 18.5 Å². The lowest BCUT2D eigenvalue weighted by molar-refractivity contribution is -0.127. The number of imide groups is 1. The zero-order valence-electron chi connectivity index (χ0n) is 17.3. The number of nitrogens with zero attached hydrogens (tertiary/aromatic N) is 1. The second-order valence-corrected chi connectivity index (χ2v) is 10.4. The molecule has 1 aliphatic rings. The van der Waals surface area contributed by atoms with Gasteiger partial charge in [-0.15, -0.1) is 0 Å². The number of sulfonamides is 1. The van der Waals surface area contributed by atoms with Crippen LogP contribution in [0.4, 0.5) is 5.69 Å². The fourth-order valence-corrected chi connectivity index (χ4v) is 4.32. The summed E-state index contributed by atoms with van der Waals surface area (Å²) in [4.78, 5) is 27.5. The third-order valence-corrected chi connectivity index (χ3v) is 5.99. The fraction of sp³-hybridized carbons (Fsp3) is 0.600. The predicted octanol–water partition coefficient (Wildman–Crippen LogP) is 2.55.